The van der Waals surface area contributed by atoms with Crippen molar-refractivity contribution in [2.24, 2.45) is 0 Å². The van der Waals surface area contributed by atoms with Gasteiger partial charge in [0.25, 0.3) is 0 Å². The molecular formula is C3H3NOSe. The van der Waals surface area contributed by atoms with Gasteiger partial charge < -0.3 is 0 Å². The van der Waals surface area contributed by atoms with Crippen molar-refractivity contribution in [3.05, 3.63) is 12.3 Å². The van der Waals surface area contributed by atoms with Crippen LogP contribution in [0.25, 0.3) is 0 Å². The van der Waals surface area contributed by atoms with Crippen LogP contribution in [0.5, 0.6) is 0 Å². The molecule has 3 heteroatoms. The van der Waals surface area contributed by atoms with E-state index in [0.29, 0.717) is 0 Å². The van der Waals surface area contributed by atoms with Crippen LogP contribution >= 0.6 is 0 Å². The summed E-state index contributed by atoms with van der Waals surface area (Å²) in [6, 6.07) is 1.78. The van der Waals surface area contributed by atoms with Crippen LogP contribution in [0.3, 0.4) is 0 Å². The van der Waals surface area contributed by atoms with Crippen LogP contribution in [0.15, 0.2) is 16.9 Å². The second-order valence-electron chi connectivity index (χ2n) is 0.858. The molecule has 1 rings (SSSR count). The zero-order valence-electron chi connectivity index (χ0n) is 2.96. The molecule has 0 bridgehead atoms. The summed E-state index contributed by atoms with van der Waals surface area (Å²) in [4.78, 5) is 0. The summed E-state index contributed by atoms with van der Waals surface area (Å²) in [6.45, 7) is 0. The first-order valence-corrected chi connectivity index (χ1v) is 2.43. The van der Waals surface area contributed by atoms with E-state index < -0.39 is 0 Å². The zero-order chi connectivity index (χ0) is 4.41. The molecule has 0 saturated carbocycles. The van der Waals surface area contributed by atoms with Gasteiger partial charge in [-0.2, -0.15) is 0 Å². The van der Waals surface area contributed by atoms with Gasteiger partial charge in [-0.1, -0.05) is 0 Å². The molecule has 0 amide bonds. The van der Waals surface area contributed by atoms with Gasteiger partial charge in [0.05, 0.1) is 0 Å². The van der Waals surface area contributed by atoms with E-state index in [1.54, 1.807) is 6.07 Å². The third-order valence-corrected chi connectivity index (χ3v) is 0.908. The Balaban J connectivity index is 3.05. The first-order chi connectivity index (χ1) is 2.89. The fourth-order valence-electron chi connectivity index (χ4n) is 0.206. The van der Waals surface area contributed by atoms with Gasteiger partial charge in [-0.25, -0.2) is 0 Å². The van der Waals surface area contributed by atoms with E-state index in [9.17, 15) is 0 Å². The molecule has 6 heavy (non-hydrogen) atoms. The Bertz CT molecular complexity index is 114. The molecule has 0 aliphatic rings. The summed E-state index contributed by atoms with van der Waals surface area (Å²) in [5.41, 5.74) is 0. The molecule has 0 aliphatic carbocycles. The zero-order valence-corrected chi connectivity index (χ0v) is 4.83. The number of hydrogen-bond donors (Lipinski definition) is 0. The van der Waals surface area contributed by atoms with Gasteiger partial charge in [0.1, 0.15) is 0 Å². The molecule has 2 nitrogen and oxygen atoms in total. The average molecular weight is 148 g/mol. The van der Waals surface area contributed by atoms with Crippen LogP contribution in [0.4, 0.5) is 0 Å². The van der Waals surface area contributed by atoms with Crippen LogP contribution in [0, 0.1) is 0 Å². The topological polar surface area (TPSA) is 26.0 Å². The molecule has 0 spiro atoms. The van der Waals surface area contributed by atoms with Crippen LogP contribution < -0.4 is 4.59 Å². The number of hydrogen-bond acceptors (Lipinski definition) is 2. The van der Waals surface area contributed by atoms with Crippen molar-refractivity contribution >= 4 is 20.6 Å². The summed E-state index contributed by atoms with van der Waals surface area (Å²) in [6.07, 6.45) is 1.54. The summed E-state index contributed by atoms with van der Waals surface area (Å²) in [5, 5.41) is 3.51. The molecular weight excluding hydrogens is 145 g/mol. The second-order valence-corrected chi connectivity index (χ2v) is 1.82. The van der Waals surface area contributed by atoms with E-state index in [0.717, 1.165) is 4.59 Å². The molecule has 0 aromatic carbocycles. The molecule has 0 saturated heterocycles. The Hall–Kier alpha value is -0.271. The number of aromatic nitrogens is 1. The molecule has 1 aromatic heterocycles. The van der Waals surface area contributed by atoms with Gasteiger partial charge in [-0.05, 0) is 0 Å². The second kappa shape index (κ2) is 1.45. The van der Waals surface area contributed by atoms with Crippen LogP contribution in [-0.2, 0) is 0 Å². The van der Waals surface area contributed by atoms with Gasteiger partial charge in [-0.3, -0.25) is 0 Å². The van der Waals surface area contributed by atoms with E-state index in [1.807, 2.05) is 0 Å². The first kappa shape index (κ1) is 3.90. The molecule has 0 aliphatic heterocycles. The van der Waals surface area contributed by atoms with Crippen molar-refractivity contribution in [1.82, 2.24) is 5.16 Å². The first-order valence-electron chi connectivity index (χ1n) is 1.49. The monoisotopic (exact) mass is 149 g/mol. The van der Waals surface area contributed by atoms with Crippen molar-refractivity contribution in [3.8, 4) is 0 Å². The van der Waals surface area contributed by atoms with Gasteiger partial charge in [0.15, 0.2) is 0 Å². The molecule has 1 aromatic rings. The third kappa shape index (κ3) is 0.614. The van der Waals surface area contributed by atoms with Gasteiger partial charge in [-0.15, -0.1) is 0 Å². The van der Waals surface area contributed by atoms with Crippen LogP contribution in [0.2, 0.25) is 0 Å². The predicted molar refractivity (Wildman–Crippen MR) is 23.3 cm³/mol. The summed E-state index contributed by atoms with van der Waals surface area (Å²) < 4.78 is 5.31. The number of nitrogens with zero attached hydrogens (tertiary/aromatic N) is 1. The minimum atomic E-state index is 0.863. The Morgan fingerprint density at radius 1 is 1.83 bits per heavy atom. The van der Waals surface area contributed by atoms with Crippen LogP contribution in [-0.4, -0.2) is 21.2 Å². The van der Waals surface area contributed by atoms with E-state index >= 15 is 0 Å². The molecule has 0 unspecified atom stereocenters. The standard InChI is InChI=1S/C3H3NOSe/c6-3-1-2-5-4-3/h1-2H,(H,4,6). The normalized spacial score (nSPS) is 8.83. The Morgan fingerprint density at radius 2 is 2.67 bits per heavy atom. The van der Waals surface area contributed by atoms with Crippen molar-refractivity contribution in [2.75, 3.05) is 0 Å². The molecule has 0 atom stereocenters. The predicted octanol–water partition coefficient (Wildman–Crippen LogP) is -0.799. The minimum absolute atomic E-state index is 0.863. The van der Waals surface area contributed by atoms with Gasteiger partial charge in [0.2, 0.25) is 0 Å². The van der Waals surface area contributed by atoms with Crippen molar-refractivity contribution < 1.29 is 4.52 Å². The SMILES string of the molecule is [SeH]c1ccon1. The Morgan fingerprint density at radius 3 is 2.83 bits per heavy atom. The molecule has 0 N–H and O–H groups in total. The van der Waals surface area contributed by atoms with Gasteiger partial charge >= 0.3 is 42.6 Å². The van der Waals surface area contributed by atoms with E-state index in [4.69, 9.17) is 0 Å². The molecule has 0 fully saturated rings. The third-order valence-electron chi connectivity index (χ3n) is 0.424. The fraction of sp³-hybridized carbons (Fsp3) is 0. The van der Waals surface area contributed by atoms with E-state index in [2.05, 4.69) is 25.7 Å². The van der Waals surface area contributed by atoms with Gasteiger partial charge in [0, 0.05) is 0 Å². The Labute approximate surface area is 43.3 Å². The number of rotatable bonds is 0. The molecule has 1 heterocycles. The summed E-state index contributed by atoms with van der Waals surface area (Å²) >= 11 is 2.28. The van der Waals surface area contributed by atoms with E-state index in [-0.39, 0.29) is 0 Å². The fourth-order valence-corrected chi connectivity index (χ4v) is 0.433. The Kier molecular flexibility index (Phi) is 0.945. The van der Waals surface area contributed by atoms with Crippen molar-refractivity contribution in [3.63, 3.8) is 0 Å². The van der Waals surface area contributed by atoms with Crippen molar-refractivity contribution in [1.29, 1.82) is 0 Å². The van der Waals surface area contributed by atoms with Crippen LogP contribution in [0.1, 0.15) is 0 Å². The van der Waals surface area contributed by atoms with E-state index in [1.165, 1.54) is 6.26 Å². The maximum atomic E-state index is 4.45. The summed E-state index contributed by atoms with van der Waals surface area (Å²) in [7, 11) is 0. The van der Waals surface area contributed by atoms with Crippen molar-refractivity contribution in [2.45, 2.75) is 0 Å². The summed E-state index contributed by atoms with van der Waals surface area (Å²) in [5.74, 6) is 0. The molecule has 0 radical (unpaired) electrons. The quantitative estimate of drug-likeness (QED) is 0.450. The maximum absolute atomic E-state index is 4.45. The average Bonchev–Trinajstić information content (AvgIpc) is 1.86. The molecule has 32 valence electrons.